The summed E-state index contributed by atoms with van der Waals surface area (Å²) in [4.78, 5) is 15.6. The molecule has 0 spiro atoms. The van der Waals surface area contributed by atoms with E-state index in [9.17, 15) is 4.79 Å². The first kappa shape index (κ1) is 11.9. The summed E-state index contributed by atoms with van der Waals surface area (Å²) in [5.41, 5.74) is 8.98. The number of anilines is 1. The standard InChI is InChI=1S/C13H19N3O/c1-9-4-10(2)6-11(5-9)16-8-12(7-14)15(3)13(16)17/h4-6,12H,7-8,14H2,1-3H3. The zero-order valence-corrected chi connectivity index (χ0v) is 10.6. The molecule has 0 bridgehead atoms. The Hall–Kier alpha value is -1.55. The van der Waals surface area contributed by atoms with Crippen molar-refractivity contribution in [2.45, 2.75) is 19.9 Å². The zero-order chi connectivity index (χ0) is 12.6. The van der Waals surface area contributed by atoms with Gasteiger partial charge in [0, 0.05) is 25.8 Å². The number of nitrogens with zero attached hydrogens (tertiary/aromatic N) is 2. The molecule has 4 heteroatoms. The average molecular weight is 233 g/mol. The highest BCUT2D eigenvalue weighted by atomic mass is 16.2. The maximum atomic E-state index is 12.1. The summed E-state index contributed by atoms with van der Waals surface area (Å²) in [6.45, 7) is 5.26. The Kier molecular flexibility index (Phi) is 3.07. The maximum absolute atomic E-state index is 12.1. The van der Waals surface area contributed by atoms with E-state index in [1.807, 2.05) is 33.0 Å². The molecule has 1 aliphatic heterocycles. The number of likely N-dealkylation sites (N-methyl/N-ethyl adjacent to an activating group) is 1. The highest BCUT2D eigenvalue weighted by molar-refractivity contribution is 5.94. The van der Waals surface area contributed by atoms with E-state index >= 15 is 0 Å². The fraction of sp³-hybridized carbons (Fsp3) is 0.462. The fourth-order valence-corrected chi connectivity index (χ4v) is 2.31. The molecule has 0 saturated carbocycles. The van der Waals surface area contributed by atoms with Crippen LogP contribution in [-0.4, -0.2) is 37.1 Å². The number of carbonyl (C=O) groups is 1. The molecule has 2 rings (SSSR count). The van der Waals surface area contributed by atoms with Crippen molar-refractivity contribution in [3.63, 3.8) is 0 Å². The predicted octanol–water partition coefficient (Wildman–Crippen LogP) is 1.50. The first-order valence-corrected chi connectivity index (χ1v) is 5.85. The minimum absolute atomic E-state index is 0.0328. The van der Waals surface area contributed by atoms with Gasteiger partial charge in [0.05, 0.1) is 6.04 Å². The van der Waals surface area contributed by atoms with Gasteiger partial charge in [0.15, 0.2) is 0 Å². The Balaban J connectivity index is 2.32. The van der Waals surface area contributed by atoms with Crippen molar-refractivity contribution in [2.24, 2.45) is 5.73 Å². The molecule has 0 aliphatic carbocycles. The lowest BCUT2D eigenvalue weighted by Crippen LogP contribution is -2.35. The van der Waals surface area contributed by atoms with Crippen LogP contribution in [0.5, 0.6) is 0 Å². The smallest absolute Gasteiger partial charge is 0.324 e. The van der Waals surface area contributed by atoms with Crippen LogP contribution in [0.25, 0.3) is 0 Å². The summed E-state index contributed by atoms with van der Waals surface area (Å²) in [6, 6.07) is 6.33. The van der Waals surface area contributed by atoms with E-state index in [0.29, 0.717) is 13.1 Å². The van der Waals surface area contributed by atoms with E-state index in [2.05, 4.69) is 6.07 Å². The van der Waals surface area contributed by atoms with Gasteiger partial charge in [-0.3, -0.25) is 4.90 Å². The number of nitrogens with two attached hydrogens (primary N) is 1. The van der Waals surface area contributed by atoms with Crippen molar-refractivity contribution in [2.75, 3.05) is 25.0 Å². The van der Waals surface area contributed by atoms with E-state index in [-0.39, 0.29) is 12.1 Å². The molecule has 1 aromatic rings. The van der Waals surface area contributed by atoms with E-state index in [4.69, 9.17) is 5.73 Å². The molecule has 1 aromatic carbocycles. The molecule has 0 aromatic heterocycles. The molecule has 4 nitrogen and oxygen atoms in total. The van der Waals surface area contributed by atoms with Crippen LogP contribution in [-0.2, 0) is 0 Å². The van der Waals surface area contributed by atoms with Gasteiger partial charge < -0.3 is 10.6 Å². The topological polar surface area (TPSA) is 49.6 Å². The lowest BCUT2D eigenvalue weighted by atomic mass is 10.1. The number of carbonyl (C=O) groups excluding carboxylic acids is 1. The number of hydrogen-bond acceptors (Lipinski definition) is 2. The first-order chi connectivity index (χ1) is 8.02. The Labute approximate surface area is 102 Å². The van der Waals surface area contributed by atoms with E-state index < -0.39 is 0 Å². The quantitative estimate of drug-likeness (QED) is 0.841. The number of aryl methyl sites for hydroxylation is 2. The van der Waals surface area contributed by atoms with Crippen molar-refractivity contribution in [1.29, 1.82) is 0 Å². The molecule has 1 heterocycles. The largest absolute Gasteiger partial charge is 0.328 e. The van der Waals surface area contributed by atoms with Gasteiger partial charge in [-0.05, 0) is 37.1 Å². The summed E-state index contributed by atoms with van der Waals surface area (Å²) in [6.07, 6.45) is 0. The summed E-state index contributed by atoms with van der Waals surface area (Å²) in [5, 5.41) is 0. The van der Waals surface area contributed by atoms with Crippen molar-refractivity contribution < 1.29 is 4.79 Å². The van der Waals surface area contributed by atoms with Gasteiger partial charge in [-0.15, -0.1) is 0 Å². The van der Waals surface area contributed by atoms with E-state index in [1.165, 1.54) is 11.1 Å². The highest BCUT2D eigenvalue weighted by Crippen LogP contribution is 2.24. The van der Waals surface area contributed by atoms with Crippen LogP contribution in [0.3, 0.4) is 0 Å². The molecule has 1 saturated heterocycles. The molecule has 2 N–H and O–H groups in total. The van der Waals surface area contributed by atoms with E-state index in [1.54, 1.807) is 9.80 Å². The summed E-state index contributed by atoms with van der Waals surface area (Å²) in [7, 11) is 1.81. The Morgan fingerprint density at radius 3 is 2.35 bits per heavy atom. The van der Waals surface area contributed by atoms with Crippen LogP contribution in [0.2, 0.25) is 0 Å². The second kappa shape index (κ2) is 4.37. The van der Waals surface area contributed by atoms with Crippen LogP contribution < -0.4 is 10.6 Å². The van der Waals surface area contributed by atoms with Gasteiger partial charge in [-0.1, -0.05) is 6.07 Å². The second-order valence-corrected chi connectivity index (χ2v) is 4.74. The first-order valence-electron chi connectivity index (χ1n) is 5.85. The maximum Gasteiger partial charge on any atom is 0.324 e. The number of amides is 2. The number of urea groups is 1. The van der Waals surface area contributed by atoms with Gasteiger partial charge in [-0.25, -0.2) is 4.79 Å². The van der Waals surface area contributed by atoms with Crippen LogP contribution in [0.15, 0.2) is 18.2 Å². The molecule has 92 valence electrons. The lowest BCUT2D eigenvalue weighted by Gasteiger charge is -2.17. The van der Waals surface area contributed by atoms with Crippen LogP contribution in [0.1, 0.15) is 11.1 Å². The van der Waals surface area contributed by atoms with Crippen molar-refractivity contribution in [3.8, 4) is 0 Å². The normalized spacial score (nSPS) is 20.2. The minimum atomic E-state index is 0.0328. The molecular weight excluding hydrogens is 214 g/mol. The molecule has 1 atom stereocenters. The van der Waals surface area contributed by atoms with Crippen molar-refractivity contribution in [1.82, 2.24) is 4.90 Å². The molecular formula is C13H19N3O. The van der Waals surface area contributed by atoms with Gasteiger partial charge in [0.2, 0.25) is 0 Å². The monoisotopic (exact) mass is 233 g/mol. The Morgan fingerprint density at radius 1 is 1.29 bits per heavy atom. The highest BCUT2D eigenvalue weighted by Gasteiger charge is 2.34. The van der Waals surface area contributed by atoms with Crippen LogP contribution in [0, 0.1) is 13.8 Å². The number of hydrogen-bond donors (Lipinski definition) is 1. The summed E-state index contributed by atoms with van der Waals surface area (Å²) < 4.78 is 0. The molecule has 17 heavy (non-hydrogen) atoms. The summed E-state index contributed by atoms with van der Waals surface area (Å²) in [5.74, 6) is 0. The van der Waals surface area contributed by atoms with E-state index in [0.717, 1.165) is 5.69 Å². The van der Waals surface area contributed by atoms with Gasteiger partial charge in [0.25, 0.3) is 0 Å². The average Bonchev–Trinajstić information content (AvgIpc) is 2.54. The SMILES string of the molecule is Cc1cc(C)cc(N2CC(CN)N(C)C2=O)c1. The molecule has 1 fully saturated rings. The number of benzene rings is 1. The fourth-order valence-electron chi connectivity index (χ4n) is 2.31. The number of rotatable bonds is 2. The summed E-state index contributed by atoms with van der Waals surface area (Å²) >= 11 is 0. The molecule has 2 amide bonds. The second-order valence-electron chi connectivity index (χ2n) is 4.74. The zero-order valence-electron chi connectivity index (χ0n) is 10.6. The Morgan fingerprint density at radius 2 is 1.88 bits per heavy atom. The lowest BCUT2D eigenvalue weighted by molar-refractivity contribution is 0.219. The van der Waals surface area contributed by atoms with Crippen molar-refractivity contribution in [3.05, 3.63) is 29.3 Å². The van der Waals surface area contributed by atoms with Gasteiger partial charge >= 0.3 is 6.03 Å². The third-order valence-corrected chi connectivity index (χ3v) is 3.26. The van der Waals surface area contributed by atoms with Crippen LogP contribution in [0.4, 0.5) is 10.5 Å². The van der Waals surface area contributed by atoms with Gasteiger partial charge in [-0.2, -0.15) is 0 Å². The van der Waals surface area contributed by atoms with Gasteiger partial charge in [0.1, 0.15) is 0 Å². The third kappa shape index (κ3) is 2.13. The molecule has 1 unspecified atom stereocenters. The molecule has 0 radical (unpaired) electrons. The van der Waals surface area contributed by atoms with Crippen molar-refractivity contribution >= 4 is 11.7 Å². The third-order valence-electron chi connectivity index (χ3n) is 3.26. The Bertz CT molecular complexity index is 424. The minimum Gasteiger partial charge on any atom is -0.328 e. The molecule has 1 aliphatic rings. The predicted molar refractivity (Wildman–Crippen MR) is 69.3 cm³/mol. The van der Waals surface area contributed by atoms with Crippen LogP contribution >= 0.6 is 0 Å².